The summed E-state index contributed by atoms with van der Waals surface area (Å²) in [4.78, 5) is 4.36. The number of phenols is 1. The summed E-state index contributed by atoms with van der Waals surface area (Å²) in [6, 6.07) is 11.4. The average molecular weight is 481 g/mol. The van der Waals surface area contributed by atoms with Gasteiger partial charge < -0.3 is 5.11 Å². The van der Waals surface area contributed by atoms with Crippen molar-refractivity contribution in [3.8, 4) is 5.75 Å². The van der Waals surface area contributed by atoms with Crippen molar-refractivity contribution >= 4 is 66.4 Å². The first-order valence-corrected chi connectivity index (χ1v) is 7.71. The van der Waals surface area contributed by atoms with Gasteiger partial charge in [0.15, 0.2) is 0 Å². The lowest BCUT2D eigenvalue weighted by Crippen LogP contribution is -1.86. The van der Waals surface area contributed by atoms with Crippen LogP contribution in [-0.4, -0.2) is 11.3 Å². The second kappa shape index (κ2) is 6.16. The van der Waals surface area contributed by atoms with Crippen LogP contribution in [0.5, 0.6) is 5.75 Å². The molecule has 0 amide bonds. The molecule has 0 aliphatic heterocycles. The van der Waals surface area contributed by atoms with E-state index in [1.807, 2.05) is 36.4 Å². The highest BCUT2D eigenvalue weighted by atomic mass is 127. The van der Waals surface area contributed by atoms with Crippen molar-refractivity contribution in [2.24, 2.45) is 4.99 Å². The highest BCUT2D eigenvalue weighted by molar-refractivity contribution is 14.1. The number of para-hydroxylation sites is 1. The summed E-state index contributed by atoms with van der Waals surface area (Å²) in [5, 5.41) is 9.94. The Morgan fingerprint density at radius 2 is 1.89 bits per heavy atom. The standard InChI is InChI=1S/C13H8Br2INO/c14-9-5-8(13(18)11(16)6-9)7-17-12-4-2-1-3-10(12)15/h1-7,18H. The molecular weight excluding hydrogens is 473 g/mol. The summed E-state index contributed by atoms with van der Waals surface area (Å²) in [6.07, 6.45) is 1.66. The monoisotopic (exact) mass is 479 g/mol. The molecule has 0 spiro atoms. The summed E-state index contributed by atoms with van der Waals surface area (Å²) >= 11 is 8.92. The van der Waals surface area contributed by atoms with Crippen molar-refractivity contribution in [2.45, 2.75) is 0 Å². The predicted molar refractivity (Wildman–Crippen MR) is 89.9 cm³/mol. The Morgan fingerprint density at radius 3 is 2.61 bits per heavy atom. The van der Waals surface area contributed by atoms with Crippen molar-refractivity contribution in [1.82, 2.24) is 0 Å². The molecule has 0 aliphatic rings. The smallest absolute Gasteiger partial charge is 0.137 e. The highest BCUT2D eigenvalue weighted by Crippen LogP contribution is 2.29. The van der Waals surface area contributed by atoms with Crippen LogP contribution in [0.1, 0.15) is 5.56 Å². The van der Waals surface area contributed by atoms with Crippen LogP contribution in [-0.2, 0) is 0 Å². The van der Waals surface area contributed by atoms with E-state index in [-0.39, 0.29) is 5.75 Å². The van der Waals surface area contributed by atoms with E-state index in [1.165, 1.54) is 0 Å². The summed E-state index contributed by atoms with van der Waals surface area (Å²) in [6.45, 7) is 0. The van der Waals surface area contributed by atoms with Crippen molar-refractivity contribution < 1.29 is 5.11 Å². The summed E-state index contributed by atoms with van der Waals surface area (Å²) in [5.74, 6) is 0.245. The van der Waals surface area contributed by atoms with Crippen LogP contribution in [0.25, 0.3) is 0 Å². The van der Waals surface area contributed by atoms with Gasteiger partial charge in [0.2, 0.25) is 0 Å². The first-order valence-electron chi connectivity index (χ1n) is 5.04. The number of rotatable bonds is 2. The van der Waals surface area contributed by atoms with Gasteiger partial charge in [-0.05, 0) is 62.8 Å². The molecule has 2 rings (SSSR count). The zero-order chi connectivity index (χ0) is 13.1. The van der Waals surface area contributed by atoms with Crippen LogP contribution >= 0.6 is 54.5 Å². The van der Waals surface area contributed by atoms with Gasteiger partial charge in [-0.15, -0.1) is 0 Å². The Hall–Kier alpha value is -0.400. The van der Waals surface area contributed by atoms with Gasteiger partial charge in [0.1, 0.15) is 5.75 Å². The fourth-order valence-corrected chi connectivity index (χ4v) is 3.32. The molecule has 1 N–H and O–H groups in total. The van der Waals surface area contributed by atoms with Crippen LogP contribution < -0.4 is 0 Å². The molecule has 0 saturated carbocycles. The van der Waals surface area contributed by atoms with Gasteiger partial charge in [0, 0.05) is 20.7 Å². The molecule has 2 aromatic rings. The van der Waals surface area contributed by atoms with E-state index < -0.39 is 0 Å². The van der Waals surface area contributed by atoms with E-state index >= 15 is 0 Å². The minimum absolute atomic E-state index is 0.245. The molecule has 0 aliphatic carbocycles. The molecule has 2 aromatic carbocycles. The highest BCUT2D eigenvalue weighted by Gasteiger charge is 2.05. The summed E-state index contributed by atoms with van der Waals surface area (Å²) in [5.41, 5.74) is 1.51. The van der Waals surface area contributed by atoms with Gasteiger partial charge in [0.25, 0.3) is 0 Å². The van der Waals surface area contributed by atoms with Gasteiger partial charge in [-0.3, -0.25) is 4.99 Å². The molecule has 0 radical (unpaired) electrons. The topological polar surface area (TPSA) is 32.6 Å². The zero-order valence-electron chi connectivity index (χ0n) is 9.07. The molecular formula is C13H8Br2INO. The third kappa shape index (κ3) is 3.33. The molecule has 0 fully saturated rings. The number of hydrogen-bond donors (Lipinski definition) is 1. The Balaban J connectivity index is 2.38. The van der Waals surface area contributed by atoms with E-state index in [0.717, 1.165) is 18.2 Å². The molecule has 0 saturated heterocycles. The lowest BCUT2D eigenvalue weighted by Gasteiger charge is -2.03. The molecule has 92 valence electrons. The van der Waals surface area contributed by atoms with E-state index in [4.69, 9.17) is 0 Å². The van der Waals surface area contributed by atoms with Gasteiger partial charge in [0.05, 0.1) is 9.26 Å². The Kier molecular flexibility index (Phi) is 4.80. The fraction of sp³-hybridized carbons (Fsp3) is 0. The quantitative estimate of drug-likeness (QED) is 0.461. The number of nitrogens with zero attached hydrogens (tertiary/aromatic N) is 1. The largest absolute Gasteiger partial charge is 0.506 e. The fourth-order valence-electron chi connectivity index (χ4n) is 1.38. The maximum Gasteiger partial charge on any atom is 0.137 e. The van der Waals surface area contributed by atoms with Crippen molar-refractivity contribution in [1.29, 1.82) is 0 Å². The lowest BCUT2D eigenvalue weighted by molar-refractivity contribution is 0.470. The maximum absolute atomic E-state index is 9.94. The lowest BCUT2D eigenvalue weighted by atomic mass is 10.2. The number of halogens is 3. The molecule has 5 heteroatoms. The van der Waals surface area contributed by atoms with Crippen LogP contribution in [0.2, 0.25) is 0 Å². The second-order valence-electron chi connectivity index (χ2n) is 3.54. The normalized spacial score (nSPS) is 11.1. The maximum atomic E-state index is 9.94. The van der Waals surface area contributed by atoms with E-state index in [0.29, 0.717) is 5.56 Å². The third-order valence-corrected chi connectivity index (χ3v) is 4.20. The van der Waals surface area contributed by atoms with Gasteiger partial charge >= 0.3 is 0 Å². The van der Waals surface area contributed by atoms with Gasteiger partial charge in [-0.2, -0.15) is 0 Å². The van der Waals surface area contributed by atoms with Crippen molar-refractivity contribution in [3.05, 3.63) is 54.5 Å². The Bertz CT molecular complexity index is 614. The zero-order valence-corrected chi connectivity index (χ0v) is 14.4. The van der Waals surface area contributed by atoms with E-state index in [9.17, 15) is 5.11 Å². The van der Waals surface area contributed by atoms with Gasteiger partial charge in [-0.1, -0.05) is 28.1 Å². The molecule has 0 bridgehead atoms. The summed E-state index contributed by atoms with van der Waals surface area (Å²) in [7, 11) is 0. The molecule has 0 atom stereocenters. The summed E-state index contributed by atoms with van der Waals surface area (Å²) < 4.78 is 2.62. The third-order valence-electron chi connectivity index (χ3n) is 2.25. The van der Waals surface area contributed by atoms with Crippen LogP contribution in [0.15, 0.2) is 50.3 Å². The number of hydrogen-bond acceptors (Lipinski definition) is 2. The van der Waals surface area contributed by atoms with Crippen molar-refractivity contribution in [2.75, 3.05) is 0 Å². The molecule has 2 nitrogen and oxygen atoms in total. The second-order valence-corrected chi connectivity index (χ2v) is 6.47. The molecule has 18 heavy (non-hydrogen) atoms. The van der Waals surface area contributed by atoms with E-state index in [2.05, 4.69) is 59.4 Å². The number of phenolic OH excluding ortho intramolecular Hbond substituents is 1. The number of aromatic hydroxyl groups is 1. The first kappa shape index (κ1) is 14.0. The minimum Gasteiger partial charge on any atom is -0.506 e. The number of benzene rings is 2. The van der Waals surface area contributed by atoms with Gasteiger partial charge in [-0.25, -0.2) is 0 Å². The van der Waals surface area contributed by atoms with Crippen LogP contribution in [0, 0.1) is 3.57 Å². The molecule has 0 unspecified atom stereocenters. The molecule has 0 heterocycles. The Morgan fingerprint density at radius 1 is 1.17 bits per heavy atom. The SMILES string of the molecule is Oc1c(I)cc(Br)cc1C=Nc1ccccc1Br. The predicted octanol–water partition coefficient (Wildman–Crippen LogP) is 5.27. The number of aliphatic imine (C=N–C) groups is 1. The average Bonchev–Trinajstić information content (AvgIpc) is 2.33. The van der Waals surface area contributed by atoms with E-state index in [1.54, 1.807) is 6.21 Å². The van der Waals surface area contributed by atoms with Crippen LogP contribution in [0.4, 0.5) is 5.69 Å². The Labute approximate surface area is 136 Å². The van der Waals surface area contributed by atoms with Crippen molar-refractivity contribution in [3.63, 3.8) is 0 Å². The molecule has 0 aromatic heterocycles. The first-order chi connectivity index (χ1) is 8.58. The minimum atomic E-state index is 0.245. The van der Waals surface area contributed by atoms with Crippen LogP contribution in [0.3, 0.4) is 0 Å².